The van der Waals surface area contributed by atoms with Crippen LogP contribution in [0.25, 0.3) is 0 Å². The zero-order chi connectivity index (χ0) is 19.6. The number of rotatable bonds is 8. The standard InChI is InChI=1S/C21H27N3O2S/c1-4-5-14-24(3)18-10-8-17(9-11-18)21(26)23-22-20(25)15-27-19-12-6-16(2)7-13-19/h6-13H,4-5,14-15H2,1-3H3,(H,22,25)(H,23,26). The molecule has 2 N–H and O–H groups in total. The van der Waals surface area contributed by atoms with E-state index in [0.717, 1.165) is 30.0 Å². The summed E-state index contributed by atoms with van der Waals surface area (Å²) in [4.78, 5) is 27.3. The molecule has 2 aromatic carbocycles. The summed E-state index contributed by atoms with van der Waals surface area (Å²) in [5, 5.41) is 0. The van der Waals surface area contributed by atoms with Crippen LogP contribution in [0.1, 0.15) is 35.7 Å². The molecule has 0 spiro atoms. The monoisotopic (exact) mass is 385 g/mol. The fourth-order valence-electron chi connectivity index (χ4n) is 2.41. The average Bonchev–Trinajstić information content (AvgIpc) is 2.69. The number of aryl methyl sites for hydroxylation is 1. The molecule has 27 heavy (non-hydrogen) atoms. The highest BCUT2D eigenvalue weighted by molar-refractivity contribution is 8.00. The number of benzene rings is 2. The van der Waals surface area contributed by atoms with Gasteiger partial charge in [-0.1, -0.05) is 31.0 Å². The van der Waals surface area contributed by atoms with Crippen molar-refractivity contribution in [1.29, 1.82) is 0 Å². The van der Waals surface area contributed by atoms with Crippen molar-refractivity contribution in [3.05, 3.63) is 59.7 Å². The maximum absolute atomic E-state index is 12.2. The number of carbonyl (C=O) groups is 2. The predicted octanol–water partition coefficient (Wildman–Crippen LogP) is 3.78. The largest absolute Gasteiger partial charge is 0.375 e. The Bertz CT molecular complexity index is 745. The van der Waals surface area contributed by atoms with Gasteiger partial charge in [0.15, 0.2) is 0 Å². The van der Waals surface area contributed by atoms with Crippen molar-refractivity contribution in [2.24, 2.45) is 0 Å². The summed E-state index contributed by atoms with van der Waals surface area (Å²) in [6.45, 7) is 5.16. The van der Waals surface area contributed by atoms with E-state index in [2.05, 4.69) is 22.7 Å². The molecule has 0 aromatic heterocycles. The van der Waals surface area contributed by atoms with E-state index in [0.29, 0.717) is 5.56 Å². The Morgan fingerprint density at radius 2 is 1.67 bits per heavy atom. The Balaban J connectivity index is 1.77. The first-order valence-corrected chi connectivity index (χ1v) is 10.1. The number of hydrogen-bond donors (Lipinski definition) is 2. The van der Waals surface area contributed by atoms with Crippen LogP contribution in [0, 0.1) is 6.92 Å². The molecule has 0 atom stereocenters. The van der Waals surface area contributed by atoms with E-state index in [1.807, 2.05) is 50.4 Å². The van der Waals surface area contributed by atoms with Gasteiger partial charge in [0, 0.05) is 29.7 Å². The van der Waals surface area contributed by atoms with Crippen molar-refractivity contribution in [2.75, 3.05) is 24.2 Å². The van der Waals surface area contributed by atoms with E-state index in [1.165, 1.54) is 17.3 Å². The lowest BCUT2D eigenvalue weighted by Crippen LogP contribution is -2.42. The zero-order valence-corrected chi connectivity index (χ0v) is 16.9. The minimum absolute atomic E-state index is 0.241. The molecule has 0 fully saturated rings. The topological polar surface area (TPSA) is 61.4 Å². The zero-order valence-electron chi connectivity index (χ0n) is 16.1. The maximum Gasteiger partial charge on any atom is 0.269 e. The van der Waals surface area contributed by atoms with Gasteiger partial charge in [0.2, 0.25) is 5.91 Å². The summed E-state index contributed by atoms with van der Waals surface area (Å²) >= 11 is 1.43. The van der Waals surface area contributed by atoms with E-state index in [4.69, 9.17) is 0 Å². The lowest BCUT2D eigenvalue weighted by molar-refractivity contribution is -0.119. The molecular formula is C21H27N3O2S. The van der Waals surface area contributed by atoms with Gasteiger partial charge in [0.1, 0.15) is 0 Å². The lowest BCUT2D eigenvalue weighted by atomic mass is 10.2. The molecular weight excluding hydrogens is 358 g/mol. The molecule has 0 heterocycles. The van der Waals surface area contributed by atoms with Crippen molar-refractivity contribution < 1.29 is 9.59 Å². The summed E-state index contributed by atoms with van der Waals surface area (Å²) in [6, 6.07) is 15.3. The van der Waals surface area contributed by atoms with E-state index in [9.17, 15) is 9.59 Å². The van der Waals surface area contributed by atoms with E-state index in [1.54, 1.807) is 12.1 Å². The van der Waals surface area contributed by atoms with Crippen LogP contribution in [0.5, 0.6) is 0 Å². The third kappa shape index (κ3) is 6.98. The summed E-state index contributed by atoms with van der Waals surface area (Å²) < 4.78 is 0. The van der Waals surface area contributed by atoms with E-state index < -0.39 is 0 Å². The fraction of sp³-hybridized carbons (Fsp3) is 0.333. The van der Waals surface area contributed by atoms with Crippen molar-refractivity contribution in [2.45, 2.75) is 31.6 Å². The number of thioether (sulfide) groups is 1. The molecule has 2 amide bonds. The van der Waals surface area contributed by atoms with Crippen molar-refractivity contribution >= 4 is 29.3 Å². The fourth-order valence-corrected chi connectivity index (χ4v) is 3.11. The molecule has 0 aliphatic carbocycles. The molecule has 2 rings (SSSR count). The third-order valence-corrected chi connectivity index (χ3v) is 5.14. The van der Waals surface area contributed by atoms with Crippen LogP contribution in [0.15, 0.2) is 53.4 Å². The maximum atomic E-state index is 12.2. The highest BCUT2D eigenvalue weighted by atomic mass is 32.2. The van der Waals surface area contributed by atoms with Gasteiger partial charge in [-0.05, 0) is 49.7 Å². The second-order valence-electron chi connectivity index (χ2n) is 6.43. The summed E-state index contributed by atoms with van der Waals surface area (Å²) in [6.07, 6.45) is 2.28. The van der Waals surface area contributed by atoms with Crippen LogP contribution in [0.3, 0.4) is 0 Å². The second-order valence-corrected chi connectivity index (χ2v) is 7.47. The molecule has 2 aromatic rings. The van der Waals surface area contributed by atoms with Crippen LogP contribution < -0.4 is 15.8 Å². The number of amides is 2. The van der Waals surface area contributed by atoms with Gasteiger partial charge in [0.25, 0.3) is 5.91 Å². The number of anilines is 1. The first kappa shape index (κ1) is 20.8. The SMILES string of the molecule is CCCCN(C)c1ccc(C(=O)NNC(=O)CSc2ccc(C)cc2)cc1. The molecule has 0 saturated carbocycles. The van der Waals surface area contributed by atoms with Crippen molar-refractivity contribution in [3.8, 4) is 0 Å². The number of carbonyl (C=O) groups excluding carboxylic acids is 2. The van der Waals surface area contributed by atoms with Gasteiger partial charge in [0.05, 0.1) is 5.75 Å². The summed E-state index contributed by atoms with van der Waals surface area (Å²) in [7, 11) is 2.04. The Hall–Kier alpha value is -2.47. The molecule has 0 bridgehead atoms. The lowest BCUT2D eigenvalue weighted by Gasteiger charge is -2.19. The minimum atomic E-state index is -0.327. The first-order valence-electron chi connectivity index (χ1n) is 9.09. The highest BCUT2D eigenvalue weighted by Gasteiger charge is 2.09. The number of hydrogen-bond acceptors (Lipinski definition) is 4. The van der Waals surface area contributed by atoms with Gasteiger partial charge >= 0.3 is 0 Å². The van der Waals surface area contributed by atoms with Crippen LogP contribution >= 0.6 is 11.8 Å². The average molecular weight is 386 g/mol. The normalized spacial score (nSPS) is 10.3. The molecule has 0 aliphatic rings. The van der Waals surface area contributed by atoms with Crippen molar-refractivity contribution in [3.63, 3.8) is 0 Å². The van der Waals surface area contributed by atoms with E-state index in [-0.39, 0.29) is 17.6 Å². The van der Waals surface area contributed by atoms with Gasteiger partial charge in [-0.3, -0.25) is 20.4 Å². The molecule has 0 radical (unpaired) electrons. The molecule has 5 nitrogen and oxygen atoms in total. The highest BCUT2D eigenvalue weighted by Crippen LogP contribution is 2.17. The van der Waals surface area contributed by atoms with E-state index >= 15 is 0 Å². The van der Waals surface area contributed by atoms with Gasteiger partial charge < -0.3 is 4.90 Å². The van der Waals surface area contributed by atoms with Gasteiger partial charge in [-0.2, -0.15) is 0 Å². The number of hydrazine groups is 1. The van der Waals surface area contributed by atoms with Crippen LogP contribution in [-0.4, -0.2) is 31.2 Å². The third-order valence-electron chi connectivity index (χ3n) is 4.12. The predicted molar refractivity (Wildman–Crippen MR) is 112 cm³/mol. The molecule has 0 unspecified atom stereocenters. The number of nitrogens with one attached hydrogen (secondary N) is 2. The van der Waals surface area contributed by atoms with Crippen molar-refractivity contribution in [1.82, 2.24) is 10.9 Å². The Morgan fingerprint density at radius 1 is 1.00 bits per heavy atom. The Kier molecular flexibility index (Phi) is 8.20. The molecule has 0 saturated heterocycles. The van der Waals surface area contributed by atoms with Crippen LogP contribution in [0.2, 0.25) is 0 Å². The van der Waals surface area contributed by atoms with Crippen LogP contribution in [-0.2, 0) is 4.79 Å². The van der Waals surface area contributed by atoms with Gasteiger partial charge in [-0.25, -0.2) is 0 Å². The Labute approximate surface area is 165 Å². The second kappa shape index (κ2) is 10.6. The quantitative estimate of drug-likeness (QED) is 0.536. The van der Waals surface area contributed by atoms with Gasteiger partial charge in [-0.15, -0.1) is 11.8 Å². The first-order chi connectivity index (χ1) is 13.0. The molecule has 144 valence electrons. The Morgan fingerprint density at radius 3 is 2.30 bits per heavy atom. The number of unbranched alkanes of at least 4 members (excludes halogenated alkanes) is 1. The molecule has 0 aliphatic heterocycles. The number of nitrogens with zero attached hydrogens (tertiary/aromatic N) is 1. The smallest absolute Gasteiger partial charge is 0.269 e. The van der Waals surface area contributed by atoms with Crippen LogP contribution in [0.4, 0.5) is 5.69 Å². The minimum Gasteiger partial charge on any atom is -0.375 e. The summed E-state index contributed by atoms with van der Waals surface area (Å²) in [5.41, 5.74) is 7.68. The summed E-state index contributed by atoms with van der Waals surface area (Å²) in [5.74, 6) is -0.332. The molecule has 6 heteroatoms.